The third kappa shape index (κ3) is 6.53. The van der Waals surface area contributed by atoms with Gasteiger partial charge in [-0.2, -0.15) is 0 Å². The van der Waals surface area contributed by atoms with Gasteiger partial charge in [-0.15, -0.1) is 11.8 Å². The van der Waals surface area contributed by atoms with Crippen LogP contribution in [-0.4, -0.2) is 56.3 Å². The fourth-order valence-electron chi connectivity index (χ4n) is 2.43. The Balaban J connectivity index is 2.22. The van der Waals surface area contributed by atoms with Crippen LogP contribution in [0.15, 0.2) is 57.9 Å². The first-order chi connectivity index (χ1) is 12.9. The Hall–Kier alpha value is -1.54. The van der Waals surface area contributed by atoms with Crippen molar-refractivity contribution in [3.05, 3.63) is 58.6 Å². The van der Waals surface area contributed by atoms with Crippen LogP contribution in [0.1, 0.15) is 10.8 Å². The molecule has 0 aliphatic heterocycles. The van der Waals surface area contributed by atoms with Crippen LogP contribution < -0.4 is 10.1 Å². The number of amides is 1. The van der Waals surface area contributed by atoms with E-state index in [-0.39, 0.29) is 5.91 Å². The molecule has 0 bridgehead atoms. The molecule has 146 valence electrons. The first-order valence-electron chi connectivity index (χ1n) is 8.58. The minimum Gasteiger partial charge on any atom is -0.497 e. The summed E-state index contributed by atoms with van der Waals surface area (Å²) in [6.45, 7) is 1.20. The fourth-order valence-corrected chi connectivity index (χ4v) is 4.15. The summed E-state index contributed by atoms with van der Waals surface area (Å²) in [7, 11) is 5.48. The number of nitrogens with one attached hydrogen (secondary N) is 1. The molecule has 7 heteroatoms. The molecule has 0 heterocycles. The minimum absolute atomic E-state index is 0.378. The Morgan fingerprint density at radius 3 is 2.48 bits per heavy atom. The quantitative estimate of drug-likeness (QED) is 0.571. The Bertz CT molecular complexity index is 740. The number of nitrogens with zero attached hydrogens (tertiary/aromatic N) is 1. The Labute approximate surface area is 173 Å². The van der Waals surface area contributed by atoms with E-state index in [1.807, 2.05) is 67.5 Å². The van der Waals surface area contributed by atoms with E-state index in [9.17, 15) is 9.90 Å². The van der Waals surface area contributed by atoms with Crippen molar-refractivity contribution in [1.29, 1.82) is 0 Å². The number of thioether (sulfide) groups is 1. The maximum atomic E-state index is 12.5. The highest BCUT2D eigenvalue weighted by molar-refractivity contribution is 9.10. The number of benzene rings is 2. The summed E-state index contributed by atoms with van der Waals surface area (Å²) in [5.74, 6) is 0.352. The molecule has 2 N–H and O–H groups in total. The van der Waals surface area contributed by atoms with Gasteiger partial charge in [0.05, 0.1) is 12.4 Å². The smallest absolute Gasteiger partial charge is 0.250 e. The number of halogens is 1. The van der Waals surface area contributed by atoms with Crippen molar-refractivity contribution in [2.75, 3.05) is 34.3 Å². The highest BCUT2D eigenvalue weighted by Crippen LogP contribution is 2.41. The largest absolute Gasteiger partial charge is 0.497 e. The van der Waals surface area contributed by atoms with E-state index in [1.165, 1.54) is 11.8 Å². The van der Waals surface area contributed by atoms with E-state index >= 15 is 0 Å². The Morgan fingerprint density at radius 2 is 1.89 bits per heavy atom. The number of likely N-dealkylation sites (N-methyl/N-ethyl adjacent to an activating group) is 1. The molecule has 0 aliphatic carbocycles. The SMILES string of the molecule is COc1ccc([C@H](Sc2ccccc2Br)[C@@H](O)C(=O)NCCN(C)C)cc1. The van der Waals surface area contributed by atoms with Crippen LogP contribution in [0.3, 0.4) is 0 Å². The molecular formula is C20H25BrN2O3S. The lowest BCUT2D eigenvalue weighted by Gasteiger charge is -2.23. The van der Waals surface area contributed by atoms with E-state index in [4.69, 9.17) is 4.74 Å². The maximum Gasteiger partial charge on any atom is 0.250 e. The van der Waals surface area contributed by atoms with Crippen molar-refractivity contribution < 1.29 is 14.6 Å². The highest BCUT2D eigenvalue weighted by atomic mass is 79.9. The van der Waals surface area contributed by atoms with Crippen LogP contribution in [0.4, 0.5) is 0 Å². The second kappa shape index (κ2) is 10.7. The molecule has 0 unspecified atom stereocenters. The number of hydrogen-bond donors (Lipinski definition) is 2. The molecule has 2 rings (SSSR count). The number of ether oxygens (including phenoxy) is 1. The van der Waals surface area contributed by atoms with Gasteiger partial charge < -0.3 is 20.1 Å². The topological polar surface area (TPSA) is 61.8 Å². The van der Waals surface area contributed by atoms with Crippen molar-refractivity contribution in [2.24, 2.45) is 0 Å². The molecule has 5 nitrogen and oxygen atoms in total. The number of carbonyl (C=O) groups is 1. The zero-order valence-electron chi connectivity index (χ0n) is 15.7. The molecule has 0 spiro atoms. The summed E-state index contributed by atoms with van der Waals surface area (Å²) in [5.41, 5.74) is 0.854. The molecule has 0 fully saturated rings. The van der Waals surface area contributed by atoms with E-state index in [0.29, 0.717) is 13.1 Å². The summed E-state index contributed by atoms with van der Waals surface area (Å²) in [5, 5.41) is 13.1. The Kier molecular flexibility index (Phi) is 8.63. The van der Waals surface area contributed by atoms with Crippen LogP contribution in [0.5, 0.6) is 5.75 Å². The van der Waals surface area contributed by atoms with Crippen molar-refractivity contribution in [2.45, 2.75) is 16.2 Å². The third-order valence-corrected chi connectivity index (χ3v) is 6.30. The van der Waals surface area contributed by atoms with Gasteiger partial charge >= 0.3 is 0 Å². The minimum atomic E-state index is -1.18. The second-order valence-corrected chi connectivity index (χ2v) is 8.32. The van der Waals surface area contributed by atoms with E-state index < -0.39 is 11.4 Å². The van der Waals surface area contributed by atoms with E-state index in [0.717, 1.165) is 20.7 Å². The van der Waals surface area contributed by atoms with Gasteiger partial charge in [-0.3, -0.25) is 4.79 Å². The molecule has 1 amide bonds. The molecule has 27 heavy (non-hydrogen) atoms. The molecule has 0 aromatic heterocycles. The van der Waals surface area contributed by atoms with Gasteiger partial charge in [0.15, 0.2) is 0 Å². The highest BCUT2D eigenvalue weighted by Gasteiger charge is 2.29. The van der Waals surface area contributed by atoms with E-state index in [2.05, 4.69) is 21.2 Å². The lowest BCUT2D eigenvalue weighted by molar-refractivity contribution is -0.129. The summed E-state index contributed by atoms with van der Waals surface area (Å²) in [6, 6.07) is 15.2. The number of aliphatic hydroxyl groups is 1. The molecule has 0 radical (unpaired) electrons. The molecule has 2 aromatic carbocycles. The molecule has 2 atom stereocenters. The molecule has 0 saturated carbocycles. The number of rotatable bonds is 9. The van der Waals surface area contributed by atoms with Crippen molar-refractivity contribution in [1.82, 2.24) is 10.2 Å². The maximum absolute atomic E-state index is 12.5. The zero-order valence-corrected chi connectivity index (χ0v) is 18.1. The van der Waals surface area contributed by atoms with Crippen molar-refractivity contribution in [3.8, 4) is 5.75 Å². The van der Waals surface area contributed by atoms with Gasteiger partial charge in [0, 0.05) is 22.5 Å². The van der Waals surface area contributed by atoms with Gasteiger partial charge in [-0.1, -0.05) is 24.3 Å². The zero-order chi connectivity index (χ0) is 19.8. The fraction of sp³-hybridized carbons (Fsp3) is 0.350. The number of carbonyl (C=O) groups excluding carboxylic acids is 1. The summed E-state index contributed by atoms with van der Waals surface area (Å²) in [6.07, 6.45) is -1.18. The van der Waals surface area contributed by atoms with Crippen LogP contribution in [0.2, 0.25) is 0 Å². The van der Waals surface area contributed by atoms with Crippen LogP contribution >= 0.6 is 27.7 Å². The van der Waals surface area contributed by atoms with Gasteiger partial charge in [0.25, 0.3) is 0 Å². The second-order valence-electron chi connectivity index (χ2n) is 6.28. The van der Waals surface area contributed by atoms with Crippen molar-refractivity contribution in [3.63, 3.8) is 0 Å². The van der Waals surface area contributed by atoms with Crippen LogP contribution in [0.25, 0.3) is 0 Å². The van der Waals surface area contributed by atoms with E-state index in [1.54, 1.807) is 7.11 Å². The average molecular weight is 453 g/mol. The van der Waals surface area contributed by atoms with Gasteiger partial charge in [-0.05, 0) is 59.9 Å². The van der Waals surface area contributed by atoms with Gasteiger partial charge in [0.1, 0.15) is 11.9 Å². The standard InChI is InChI=1S/C20H25BrN2O3S/c1-23(2)13-12-22-20(25)18(24)19(14-8-10-15(26-3)11-9-14)27-17-7-5-4-6-16(17)21/h4-11,18-19,24H,12-13H2,1-3H3,(H,22,25)/t18-,19+/m1/s1. The van der Waals surface area contributed by atoms with Crippen LogP contribution in [0, 0.1) is 0 Å². The molecular weight excluding hydrogens is 428 g/mol. The van der Waals surface area contributed by atoms with Gasteiger partial charge in [0.2, 0.25) is 5.91 Å². The summed E-state index contributed by atoms with van der Waals surface area (Å²) < 4.78 is 6.13. The normalized spacial score (nSPS) is 13.3. The number of aliphatic hydroxyl groups excluding tert-OH is 1. The molecule has 2 aromatic rings. The van der Waals surface area contributed by atoms with Crippen LogP contribution in [-0.2, 0) is 4.79 Å². The summed E-state index contributed by atoms with van der Waals surface area (Å²) in [4.78, 5) is 15.4. The first kappa shape index (κ1) is 21.8. The summed E-state index contributed by atoms with van der Waals surface area (Å²) >= 11 is 4.98. The molecule has 0 saturated heterocycles. The number of methoxy groups -OCH3 is 1. The van der Waals surface area contributed by atoms with Crippen molar-refractivity contribution >= 4 is 33.6 Å². The average Bonchev–Trinajstić information content (AvgIpc) is 2.66. The lowest BCUT2D eigenvalue weighted by Crippen LogP contribution is -2.40. The molecule has 0 aliphatic rings. The predicted molar refractivity (Wildman–Crippen MR) is 113 cm³/mol. The van der Waals surface area contributed by atoms with Gasteiger partial charge in [-0.25, -0.2) is 0 Å². The third-order valence-electron chi connectivity index (χ3n) is 3.95. The lowest BCUT2D eigenvalue weighted by atomic mass is 10.1. The predicted octanol–water partition coefficient (Wildman–Crippen LogP) is 3.33. The monoisotopic (exact) mass is 452 g/mol. The Morgan fingerprint density at radius 1 is 1.22 bits per heavy atom. The first-order valence-corrected chi connectivity index (χ1v) is 10.2. The number of hydrogen-bond acceptors (Lipinski definition) is 5.